The first-order chi connectivity index (χ1) is 20.1. The number of terminal acetylenes is 1. The van der Waals surface area contributed by atoms with Gasteiger partial charge >= 0.3 is 12.1 Å². The van der Waals surface area contributed by atoms with Gasteiger partial charge < -0.3 is 20.1 Å². The van der Waals surface area contributed by atoms with Gasteiger partial charge in [-0.2, -0.15) is 0 Å². The van der Waals surface area contributed by atoms with Gasteiger partial charge in [0.05, 0.1) is 0 Å². The van der Waals surface area contributed by atoms with Crippen LogP contribution in [0.4, 0.5) is 4.79 Å². The zero-order chi connectivity index (χ0) is 32.4. The van der Waals surface area contributed by atoms with Crippen LogP contribution in [0.3, 0.4) is 0 Å². The summed E-state index contributed by atoms with van der Waals surface area (Å²) in [6.07, 6.45) is 5.81. The summed E-state index contributed by atoms with van der Waals surface area (Å²) in [6.45, 7) is 14.0. The van der Waals surface area contributed by atoms with E-state index in [-0.39, 0.29) is 12.3 Å². The molecule has 0 aliphatic rings. The molecule has 2 aromatic rings. The number of hydrogen-bond acceptors (Lipinski definition) is 6. The Bertz CT molecular complexity index is 1280. The van der Waals surface area contributed by atoms with Crippen molar-refractivity contribution in [3.05, 3.63) is 71.8 Å². The van der Waals surface area contributed by atoms with E-state index < -0.39 is 53.2 Å². The lowest BCUT2D eigenvalue weighted by atomic mass is 9.96. The van der Waals surface area contributed by atoms with Crippen LogP contribution in [0, 0.1) is 18.4 Å². The molecule has 0 radical (unpaired) electrons. The molecule has 0 bridgehead atoms. The fourth-order valence-corrected chi connectivity index (χ4v) is 4.25. The van der Waals surface area contributed by atoms with Crippen molar-refractivity contribution in [3.63, 3.8) is 0 Å². The summed E-state index contributed by atoms with van der Waals surface area (Å²) in [5, 5.41) is 5.44. The Morgan fingerprint density at radius 1 is 0.860 bits per heavy atom. The van der Waals surface area contributed by atoms with Gasteiger partial charge in [-0.3, -0.25) is 14.5 Å². The van der Waals surface area contributed by atoms with Crippen LogP contribution in [-0.2, 0) is 30.3 Å². The zero-order valence-corrected chi connectivity index (χ0v) is 26.5. The maximum absolute atomic E-state index is 14.1. The predicted molar refractivity (Wildman–Crippen MR) is 165 cm³/mol. The van der Waals surface area contributed by atoms with Crippen molar-refractivity contribution in [1.29, 1.82) is 0 Å². The summed E-state index contributed by atoms with van der Waals surface area (Å²) < 4.78 is 11.0. The number of hydrogen-bond donors (Lipinski definition) is 2. The number of rotatable bonds is 11. The quantitative estimate of drug-likeness (QED) is 0.212. The molecule has 4 atom stereocenters. The summed E-state index contributed by atoms with van der Waals surface area (Å²) in [4.78, 5) is 55.1. The average Bonchev–Trinajstić information content (AvgIpc) is 2.92. The van der Waals surface area contributed by atoms with E-state index in [0.717, 1.165) is 10.5 Å². The molecule has 2 aromatic carbocycles. The van der Waals surface area contributed by atoms with E-state index in [1.807, 2.05) is 37.3 Å². The molecule has 4 unspecified atom stereocenters. The molecule has 3 amide bonds. The fourth-order valence-electron chi connectivity index (χ4n) is 4.25. The summed E-state index contributed by atoms with van der Waals surface area (Å²) in [6, 6.07) is 16.6. The van der Waals surface area contributed by atoms with Crippen LogP contribution in [0.5, 0.6) is 0 Å². The van der Waals surface area contributed by atoms with Gasteiger partial charge in [0.1, 0.15) is 29.3 Å². The second kappa shape index (κ2) is 15.2. The summed E-state index contributed by atoms with van der Waals surface area (Å²) >= 11 is 0. The van der Waals surface area contributed by atoms with Crippen molar-refractivity contribution in [2.24, 2.45) is 5.92 Å². The van der Waals surface area contributed by atoms with Crippen LogP contribution in [0.1, 0.15) is 79.0 Å². The van der Waals surface area contributed by atoms with Crippen molar-refractivity contribution in [1.82, 2.24) is 15.5 Å². The molecule has 2 rings (SSSR count). The molecule has 0 saturated carbocycles. The normalized spacial score (nSPS) is 14.2. The Kier molecular flexibility index (Phi) is 12.4. The van der Waals surface area contributed by atoms with Crippen LogP contribution in [0.25, 0.3) is 0 Å². The monoisotopic (exact) mass is 591 g/mol. The van der Waals surface area contributed by atoms with Gasteiger partial charge in [-0.25, -0.2) is 9.59 Å². The van der Waals surface area contributed by atoms with Crippen LogP contribution in [0.2, 0.25) is 0 Å². The molecule has 0 saturated heterocycles. The predicted octanol–water partition coefficient (Wildman–Crippen LogP) is 5.16. The lowest BCUT2D eigenvalue weighted by Gasteiger charge is -2.33. The van der Waals surface area contributed by atoms with Gasteiger partial charge in [0.25, 0.3) is 5.91 Å². The van der Waals surface area contributed by atoms with Crippen molar-refractivity contribution in [3.8, 4) is 12.5 Å². The highest BCUT2D eigenvalue weighted by Gasteiger charge is 2.39. The van der Waals surface area contributed by atoms with Gasteiger partial charge in [-0.1, -0.05) is 87.4 Å². The number of carbonyl (C=O) groups is 4. The summed E-state index contributed by atoms with van der Waals surface area (Å²) in [5.74, 6) is -2.31. The molecule has 232 valence electrons. The van der Waals surface area contributed by atoms with E-state index in [4.69, 9.17) is 15.9 Å². The van der Waals surface area contributed by atoms with Crippen molar-refractivity contribution in [2.45, 2.75) is 97.6 Å². The second-order valence-corrected chi connectivity index (χ2v) is 12.4. The fraction of sp³-hybridized carbons (Fsp3) is 0.471. The Labute approximate surface area is 255 Å². The smallest absolute Gasteiger partial charge is 0.408 e. The molecule has 43 heavy (non-hydrogen) atoms. The molecule has 0 fully saturated rings. The Morgan fingerprint density at radius 3 is 1.88 bits per heavy atom. The number of ether oxygens (including phenoxy) is 2. The van der Waals surface area contributed by atoms with E-state index in [0.29, 0.717) is 12.0 Å². The van der Waals surface area contributed by atoms with Gasteiger partial charge in [-0.05, 0) is 58.6 Å². The van der Waals surface area contributed by atoms with E-state index in [9.17, 15) is 19.2 Å². The van der Waals surface area contributed by atoms with E-state index in [1.165, 1.54) is 0 Å². The molecule has 9 heteroatoms. The number of carbonyl (C=O) groups excluding carboxylic acids is 4. The van der Waals surface area contributed by atoms with Gasteiger partial charge in [-0.15, -0.1) is 0 Å². The molecule has 0 heterocycles. The van der Waals surface area contributed by atoms with Crippen LogP contribution in [-0.4, -0.2) is 52.1 Å². The van der Waals surface area contributed by atoms with Crippen LogP contribution < -0.4 is 10.6 Å². The molecule has 2 N–H and O–H groups in total. The third-order valence-electron chi connectivity index (χ3n) is 6.44. The van der Waals surface area contributed by atoms with Crippen LogP contribution >= 0.6 is 0 Å². The van der Waals surface area contributed by atoms with Gasteiger partial charge in [0.2, 0.25) is 5.91 Å². The Balaban J connectivity index is 2.51. The summed E-state index contributed by atoms with van der Waals surface area (Å²) in [7, 11) is 0. The van der Waals surface area contributed by atoms with E-state index >= 15 is 0 Å². The Morgan fingerprint density at radius 2 is 1.40 bits per heavy atom. The molecule has 0 aromatic heterocycles. The maximum atomic E-state index is 14.1. The highest BCUT2D eigenvalue weighted by molar-refractivity contribution is 5.95. The highest BCUT2D eigenvalue weighted by Crippen LogP contribution is 2.25. The van der Waals surface area contributed by atoms with Gasteiger partial charge in [0, 0.05) is 12.5 Å². The lowest BCUT2D eigenvalue weighted by Crippen LogP contribution is -2.55. The molecular weight excluding hydrogens is 546 g/mol. The molecule has 0 aliphatic carbocycles. The Hall–Kier alpha value is -4.32. The number of benzene rings is 2. The minimum absolute atomic E-state index is 0.155. The third-order valence-corrected chi connectivity index (χ3v) is 6.44. The number of alkyl carbamates (subject to hydrolysis) is 1. The zero-order valence-electron chi connectivity index (χ0n) is 26.5. The van der Waals surface area contributed by atoms with Crippen molar-refractivity contribution in [2.75, 3.05) is 0 Å². The first kappa shape index (κ1) is 34.9. The highest BCUT2D eigenvalue weighted by atomic mass is 16.6. The largest absolute Gasteiger partial charge is 0.458 e. The topological polar surface area (TPSA) is 114 Å². The molecular formula is C34H45N3O6. The minimum Gasteiger partial charge on any atom is -0.458 e. The van der Waals surface area contributed by atoms with Crippen molar-refractivity contribution >= 4 is 23.9 Å². The molecule has 9 nitrogen and oxygen atoms in total. The average molecular weight is 592 g/mol. The molecule has 0 spiro atoms. The van der Waals surface area contributed by atoms with E-state index in [1.54, 1.807) is 78.8 Å². The molecule has 0 aliphatic heterocycles. The second-order valence-electron chi connectivity index (χ2n) is 12.4. The lowest BCUT2D eigenvalue weighted by molar-refractivity contribution is -0.159. The number of amides is 3. The maximum Gasteiger partial charge on any atom is 0.408 e. The summed E-state index contributed by atoms with van der Waals surface area (Å²) in [5.41, 5.74) is -0.360. The van der Waals surface area contributed by atoms with Crippen molar-refractivity contribution < 1.29 is 28.7 Å². The first-order valence-electron chi connectivity index (χ1n) is 14.5. The SMILES string of the molecule is C#CN(C(=O)C(NC(=O)OC(C)(C)C)C(C)CC)C(C(=O)NC(Cc1ccccc1)C(=O)OC(C)(C)C)c1ccccc1. The first-order valence-corrected chi connectivity index (χ1v) is 14.5. The van der Waals surface area contributed by atoms with E-state index in [2.05, 4.69) is 16.7 Å². The number of esters is 1. The standard InChI is InChI=1S/C34H45N3O6/c1-10-23(3)27(36-32(41)43-34(7,8)9)30(39)37(11-2)28(25-20-16-13-17-21-25)29(38)35-26(31(40)42-33(4,5)6)22-24-18-14-12-15-19-24/h2,12-21,23,26-28H,10,22H2,1,3-9H3,(H,35,38)(H,36,41). The number of nitrogens with zero attached hydrogens (tertiary/aromatic N) is 1. The minimum atomic E-state index is -1.31. The van der Waals surface area contributed by atoms with Crippen LogP contribution in [0.15, 0.2) is 60.7 Å². The third kappa shape index (κ3) is 11.1. The van der Waals surface area contributed by atoms with Gasteiger partial charge in [0.15, 0.2) is 0 Å². The number of nitrogens with one attached hydrogen (secondary N) is 2.